The first-order valence-electron chi connectivity index (χ1n) is 7.14. The maximum absolute atomic E-state index is 13.5. The Kier molecular flexibility index (Phi) is 3.90. The van der Waals surface area contributed by atoms with Crippen LogP contribution >= 0.6 is 0 Å². The van der Waals surface area contributed by atoms with Crippen molar-refractivity contribution in [2.75, 3.05) is 29.9 Å². The molecule has 0 radical (unpaired) electrons. The average Bonchev–Trinajstić information content (AvgIpc) is 2.54. The van der Waals surface area contributed by atoms with E-state index >= 15 is 0 Å². The van der Waals surface area contributed by atoms with Crippen LogP contribution in [0.15, 0.2) is 36.5 Å². The van der Waals surface area contributed by atoms with Gasteiger partial charge in [0.1, 0.15) is 5.82 Å². The summed E-state index contributed by atoms with van der Waals surface area (Å²) in [7, 11) is 1.73. The number of hydrogen-bond acceptors (Lipinski definition) is 3. The van der Waals surface area contributed by atoms with Gasteiger partial charge in [0.25, 0.3) is 5.91 Å². The molecule has 0 unspecified atom stereocenters. The average molecular weight is 339 g/mol. The molecule has 1 amide bonds. The Bertz CT molecular complexity index is 791. The fourth-order valence-electron chi connectivity index (χ4n) is 2.68. The summed E-state index contributed by atoms with van der Waals surface area (Å²) in [5.41, 5.74) is -0.929. The number of nitrogens with zero attached hydrogens (tertiary/aromatic N) is 3. The van der Waals surface area contributed by atoms with Crippen molar-refractivity contribution in [2.24, 2.45) is 0 Å². The summed E-state index contributed by atoms with van der Waals surface area (Å²) >= 11 is 0. The van der Waals surface area contributed by atoms with Crippen LogP contribution in [0.1, 0.15) is 16.1 Å². The lowest BCUT2D eigenvalue weighted by Gasteiger charge is -2.35. The highest BCUT2D eigenvalue weighted by atomic mass is 19.4. The number of fused-ring (bicyclic) bond motifs is 1. The minimum atomic E-state index is -4.73. The van der Waals surface area contributed by atoms with Gasteiger partial charge >= 0.3 is 6.18 Å². The Morgan fingerprint density at radius 1 is 1.17 bits per heavy atom. The SMILES string of the molecule is CN1CCN(C(=O)c2cccnc2C(F)(F)F)c2ccc(F)cc21. The Hall–Kier alpha value is -2.64. The van der Waals surface area contributed by atoms with Crippen molar-refractivity contribution < 1.29 is 22.4 Å². The predicted octanol–water partition coefficient (Wildman–Crippen LogP) is 3.34. The minimum absolute atomic E-state index is 0.195. The van der Waals surface area contributed by atoms with Crippen LogP contribution in [0, 0.1) is 5.82 Å². The number of carbonyl (C=O) groups is 1. The van der Waals surface area contributed by atoms with Crippen molar-refractivity contribution in [3.63, 3.8) is 0 Å². The number of anilines is 2. The highest BCUT2D eigenvalue weighted by Gasteiger charge is 2.38. The van der Waals surface area contributed by atoms with E-state index < -0.39 is 29.2 Å². The van der Waals surface area contributed by atoms with Crippen molar-refractivity contribution in [1.82, 2.24) is 4.98 Å². The molecule has 0 N–H and O–H groups in total. The van der Waals surface area contributed by atoms with Crippen LogP contribution in [0.4, 0.5) is 28.9 Å². The molecular weight excluding hydrogens is 326 g/mol. The molecule has 0 fully saturated rings. The third kappa shape index (κ3) is 2.79. The summed E-state index contributed by atoms with van der Waals surface area (Å²) in [5.74, 6) is -1.29. The minimum Gasteiger partial charge on any atom is -0.371 e. The zero-order chi connectivity index (χ0) is 17.5. The summed E-state index contributed by atoms with van der Waals surface area (Å²) in [6.07, 6.45) is -3.74. The maximum Gasteiger partial charge on any atom is 0.434 e. The number of amides is 1. The molecular formula is C16H13F4N3O. The summed E-state index contributed by atoms with van der Waals surface area (Å²) in [6.45, 7) is 0.573. The molecule has 3 rings (SSSR count). The Morgan fingerprint density at radius 2 is 1.92 bits per heavy atom. The lowest BCUT2D eigenvalue weighted by atomic mass is 10.1. The van der Waals surface area contributed by atoms with Crippen LogP contribution in [0.25, 0.3) is 0 Å². The molecule has 0 spiro atoms. The zero-order valence-corrected chi connectivity index (χ0v) is 12.6. The van der Waals surface area contributed by atoms with Gasteiger partial charge in [0.2, 0.25) is 0 Å². The standard InChI is InChI=1S/C16H13F4N3O/c1-22-7-8-23(12-5-4-10(17)9-13(12)22)15(24)11-3-2-6-21-14(11)16(18,19)20/h2-6,9H,7-8H2,1H3. The number of carbonyl (C=O) groups excluding carboxylic acids is 1. The lowest BCUT2D eigenvalue weighted by molar-refractivity contribution is -0.141. The fourth-order valence-corrected chi connectivity index (χ4v) is 2.68. The Labute approximate surface area is 135 Å². The summed E-state index contributed by atoms with van der Waals surface area (Å²) < 4.78 is 52.7. The number of halogens is 4. The second-order valence-electron chi connectivity index (χ2n) is 5.41. The third-order valence-electron chi connectivity index (χ3n) is 3.85. The van der Waals surface area contributed by atoms with Crippen LogP contribution in [-0.2, 0) is 6.18 Å². The van der Waals surface area contributed by atoms with E-state index in [0.29, 0.717) is 17.9 Å². The number of benzene rings is 1. The molecule has 2 aromatic rings. The highest BCUT2D eigenvalue weighted by molar-refractivity contribution is 6.09. The van der Waals surface area contributed by atoms with Gasteiger partial charge < -0.3 is 9.80 Å². The van der Waals surface area contributed by atoms with Crippen LogP contribution in [0.2, 0.25) is 0 Å². The molecule has 1 aromatic heterocycles. The maximum atomic E-state index is 13.5. The van der Waals surface area contributed by atoms with Gasteiger partial charge in [-0.3, -0.25) is 9.78 Å². The molecule has 0 aliphatic carbocycles. The molecule has 1 aromatic carbocycles. The smallest absolute Gasteiger partial charge is 0.371 e. The van der Waals surface area contributed by atoms with Crippen LogP contribution < -0.4 is 9.80 Å². The van der Waals surface area contributed by atoms with Gasteiger partial charge in [-0.1, -0.05) is 0 Å². The van der Waals surface area contributed by atoms with Gasteiger partial charge in [-0.05, 0) is 30.3 Å². The van der Waals surface area contributed by atoms with Gasteiger partial charge in [0.15, 0.2) is 5.69 Å². The van der Waals surface area contributed by atoms with E-state index in [2.05, 4.69) is 4.98 Å². The quantitative estimate of drug-likeness (QED) is 0.748. The Morgan fingerprint density at radius 3 is 2.62 bits per heavy atom. The highest BCUT2D eigenvalue weighted by Crippen LogP contribution is 2.36. The summed E-state index contributed by atoms with van der Waals surface area (Å²) in [5, 5.41) is 0. The molecule has 24 heavy (non-hydrogen) atoms. The number of rotatable bonds is 1. The monoisotopic (exact) mass is 339 g/mol. The first kappa shape index (κ1) is 16.2. The van der Waals surface area contributed by atoms with Crippen LogP contribution in [-0.4, -0.2) is 31.0 Å². The number of pyridine rings is 1. The summed E-state index contributed by atoms with van der Waals surface area (Å²) in [6, 6.07) is 6.19. The molecule has 2 heterocycles. The molecule has 1 aliphatic rings. The lowest BCUT2D eigenvalue weighted by Crippen LogP contribution is -2.43. The molecule has 0 bridgehead atoms. The zero-order valence-electron chi connectivity index (χ0n) is 12.6. The van der Waals surface area contributed by atoms with Gasteiger partial charge in [-0.15, -0.1) is 0 Å². The molecule has 0 saturated heterocycles. The van der Waals surface area contributed by atoms with E-state index in [0.717, 1.165) is 12.3 Å². The van der Waals surface area contributed by atoms with E-state index in [1.54, 1.807) is 11.9 Å². The number of aromatic nitrogens is 1. The largest absolute Gasteiger partial charge is 0.434 e. The van der Waals surface area contributed by atoms with Crippen LogP contribution in [0.5, 0.6) is 0 Å². The van der Waals surface area contributed by atoms with E-state index in [4.69, 9.17) is 0 Å². The predicted molar refractivity (Wildman–Crippen MR) is 80.6 cm³/mol. The van der Waals surface area contributed by atoms with Crippen molar-refractivity contribution in [3.05, 3.63) is 53.6 Å². The van der Waals surface area contributed by atoms with E-state index in [1.807, 2.05) is 0 Å². The molecule has 8 heteroatoms. The van der Waals surface area contributed by atoms with Gasteiger partial charge in [-0.25, -0.2) is 4.39 Å². The topological polar surface area (TPSA) is 36.4 Å². The first-order valence-corrected chi connectivity index (χ1v) is 7.14. The molecule has 4 nitrogen and oxygen atoms in total. The van der Waals surface area contributed by atoms with E-state index in [-0.39, 0.29) is 6.54 Å². The van der Waals surface area contributed by atoms with Gasteiger partial charge in [0.05, 0.1) is 16.9 Å². The summed E-state index contributed by atoms with van der Waals surface area (Å²) in [4.78, 5) is 19.0. The van der Waals surface area contributed by atoms with E-state index in [1.165, 1.54) is 29.2 Å². The number of alkyl halides is 3. The fraction of sp³-hybridized carbons (Fsp3) is 0.250. The van der Waals surface area contributed by atoms with Gasteiger partial charge in [-0.2, -0.15) is 13.2 Å². The van der Waals surface area contributed by atoms with Crippen molar-refractivity contribution in [3.8, 4) is 0 Å². The number of hydrogen-bond donors (Lipinski definition) is 0. The van der Waals surface area contributed by atoms with E-state index in [9.17, 15) is 22.4 Å². The molecule has 1 aliphatic heterocycles. The molecule has 0 saturated carbocycles. The van der Waals surface area contributed by atoms with Gasteiger partial charge in [0, 0.05) is 26.3 Å². The molecule has 0 atom stereocenters. The van der Waals surface area contributed by atoms with Crippen LogP contribution in [0.3, 0.4) is 0 Å². The normalized spacial score (nSPS) is 14.5. The number of likely N-dealkylation sites (N-methyl/N-ethyl adjacent to an activating group) is 1. The third-order valence-corrected chi connectivity index (χ3v) is 3.85. The van der Waals surface area contributed by atoms with Crippen molar-refractivity contribution in [2.45, 2.75) is 6.18 Å². The van der Waals surface area contributed by atoms with Crippen molar-refractivity contribution >= 4 is 17.3 Å². The van der Waals surface area contributed by atoms with Crippen molar-refractivity contribution in [1.29, 1.82) is 0 Å². The Balaban J connectivity index is 2.06. The second-order valence-corrected chi connectivity index (χ2v) is 5.41. The molecule has 126 valence electrons. The second kappa shape index (κ2) is 5.77. The first-order chi connectivity index (χ1) is 11.3.